The Kier molecular flexibility index (Phi) is 6.25. The molecule has 0 saturated carbocycles. The van der Waals surface area contributed by atoms with Crippen LogP contribution in [0.3, 0.4) is 0 Å². The summed E-state index contributed by atoms with van der Waals surface area (Å²) >= 11 is 0. The van der Waals surface area contributed by atoms with Gasteiger partial charge in [0.25, 0.3) is 0 Å². The van der Waals surface area contributed by atoms with E-state index in [1.165, 1.54) is 0 Å². The van der Waals surface area contributed by atoms with E-state index >= 15 is 0 Å². The van der Waals surface area contributed by atoms with E-state index in [1.54, 1.807) is 7.11 Å². The predicted octanol–water partition coefficient (Wildman–Crippen LogP) is 3.36. The number of methoxy groups -OCH3 is 1. The van der Waals surface area contributed by atoms with Crippen LogP contribution in [-0.4, -0.2) is 51.0 Å². The zero-order valence-corrected chi connectivity index (χ0v) is 18.2. The van der Waals surface area contributed by atoms with Gasteiger partial charge >= 0.3 is 5.97 Å². The largest absolute Gasteiger partial charge is 0.497 e. The molecule has 0 N–H and O–H groups in total. The molecule has 0 amide bonds. The first-order valence-corrected chi connectivity index (χ1v) is 12.0. The van der Waals surface area contributed by atoms with Crippen molar-refractivity contribution in [2.75, 3.05) is 31.7 Å². The summed E-state index contributed by atoms with van der Waals surface area (Å²) in [7, 11) is -1.41. The monoisotopic (exact) mass is 439 g/mol. The van der Waals surface area contributed by atoms with Crippen LogP contribution in [0.4, 0.5) is 0 Å². The van der Waals surface area contributed by atoms with E-state index in [4.69, 9.17) is 9.47 Å². The molecule has 1 fully saturated rings. The first-order chi connectivity index (χ1) is 14.9. The van der Waals surface area contributed by atoms with Crippen molar-refractivity contribution in [1.82, 2.24) is 4.90 Å². The average molecular weight is 440 g/mol. The fraction of sp³-hybridized carbons (Fsp3) is 0.292. The van der Waals surface area contributed by atoms with Crippen molar-refractivity contribution in [3.05, 3.63) is 77.9 Å². The Morgan fingerprint density at radius 1 is 0.968 bits per heavy atom. The Morgan fingerprint density at radius 2 is 1.65 bits per heavy atom. The van der Waals surface area contributed by atoms with Crippen LogP contribution in [0.5, 0.6) is 5.75 Å². The van der Waals surface area contributed by atoms with Crippen LogP contribution in [0, 0.1) is 0 Å². The number of carbonyl (C=O) groups excluding carboxylic acids is 1. The summed E-state index contributed by atoms with van der Waals surface area (Å²) in [4.78, 5) is 15.0. The number of rotatable bonds is 6. The van der Waals surface area contributed by atoms with Crippen LogP contribution in [0.25, 0.3) is 10.8 Å². The Bertz CT molecular complexity index is 1160. The number of fused-ring (bicyclic) bond motifs is 1. The van der Waals surface area contributed by atoms with Crippen LogP contribution < -0.4 is 4.74 Å². The van der Waals surface area contributed by atoms with Gasteiger partial charge < -0.3 is 9.47 Å². The molecule has 1 aliphatic rings. The maximum absolute atomic E-state index is 13.1. The second kappa shape index (κ2) is 9.08. The second-order valence-corrected chi connectivity index (χ2v) is 9.96. The first-order valence-electron chi connectivity index (χ1n) is 10.2. The van der Waals surface area contributed by atoms with Gasteiger partial charge in [-0.3, -0.25) is 4.90 Å². The maximum Gasteiger partial charge on any atom is 0.328 e. The standard InChI is InChI=1S/C24H25NO5S/c1-29-22-10-9-20-15-18(7-8-21(20)16-22)17-30-24(26)23(19-5-3-2-4-6-19)25-11-13-31(27,28)14-12-25/h2-10,15-16,23H,11-14,17H2,1H3. The minimum absolute atomic E-state index is 0.0533. The summed E-state index contributed by atoms with van der Waals surface area (Å²) in [5, 5.41) is 2.08. The fourth-order valence-electron chi connectivity index (χ4n) is 3.84. The molecule has 1 aliphatic heterocycles. The molecule has 0 bridgehead atoms. The molecule has 31 heavy (non-hydrogen) atoms. The van der Waals surface area contributed by atoms with Crippen molar-refractivity contribution in [2.24, 2.45) is 0 Å². The lowest BCUT2D eigenvalue weighted by molar-refractivity contribution is -0.151. The van der Waals surface area contributed by atoms with Crippen LogP contribution in [0.15, 0.2) is 66.7 Å². The van der Waals surface area contributed by atoms with E-state index in [1.807, 2.05) is 71.6 Å². The van der Waals surface area contributed by atoms with Crippen molar-refractivity contribution in [2.45, 2.75) is 12.6 Å². The quantitative estimate of drug-likeness (QED) is 0.549. The lowest BCUT2D eigenvalue weighted by Gasteiger charge is -2.33. The maximum atomic E-state index is 13.1. The third-order valence-electron chi connectivity index (χ3n) is 5.58. The van der Waals surface area contributed by atoms with E-state index in [2.05, 4.69) is 0 Å². The topological polar surface area (TPSA) is 72.9 Å². The molecule has 4 rings (SSSR count). The molecule has 7 heteroatoms. The van der Waals surface area contributed by atoms with Gasteiger partial charge in [0.2, 0.25) is 0 Å². The van der Waals surface area contributed by atoms with Crippen molar-refractivity contribution in [3.8, 4) is 5.75 Å². The third kappa shape index (κ3) is 5.06. The smallest absolute Gasteiger partial charge is 0.328 e. The highest BCUT2D eigenvalue weighted by Gasteiger charge is 2.33. The molecule has 6 nitrogen and oxygen atoms in total. The minimum Gasteiger partial charge on any atom is -0.497 e. The molecule has 0 spiro atoms. The summed E-state index contributed by atoms with van der Waals surface area (Å²) in [6.07, 6.45) is 0. The number of nitrogens with zero attached hydrogens (tertiary/aromatic N) is 1. The molecule has 3 aromatic carbocycles. The number of benzene rings is 3. The molecule has 0 radical (unpaired) electrons. The molecule has 1 heterocycles. The van der Waals surface area contributed by atoms with Crippen LogP contribution in [-0.2, 0) is 26.0 Å². The van der Waals surface area contributed by atoms with E-state index < -0.39 is 15.9 Å². The Labute approximate surface area is 182 Å². The number of hydrogen-bond acceptors (Lipinski definition) is 6. The fourth-order valence-corrected chi connectivity index (χ4v) is 5.07. The molecule has 1 atom stereocenters. The molecule has 3 aromatic rings. The van der Waals surface area contributed by atoms with Gasteiger partial charge in [-0.05, 0) is 40.1 Å². The number of hydrogen-bond donors (Lipinski definition) is 0. The van der Waals surface area contributed by atoms with Crippen molar-refractivity contribution < 1.29 is 22.7 Å². The molecule has 0 aliphatic carbocycles. The number of ether oxygens (including phenoxy) is 2. The third-order valence-corrected chi connectivity index (χ3v) is 7.18. The number of sulfone groups is 1. The van der Waals surface area contributed by atoms with Crippen LogP contribution in [0.1, 0.15) is 17.2 Å². The van der Waals surface area contributed by atoms with Gasteiger partial charge in [-0.1, -0.05) is 48.5 Å². The minimum atomic E-state index is -3.04. The van der Waals surface area contributed by atoms with Crippen molar-refractivity contribution in [3.63, 3.8) is 0 Å². The van der Waals surface area contributed by atoms with Gasteiger partial charge in [0.15, 0.2) is 9.84 Å². The van der Waals surface area contributed by atoms with Crippen LogP contribution >= 0.6 is 0 Å². The Morgan fingerprint density at radius 3 is 2.35 bits per heavy atom. The first kappa shape index (κ1) is 21.3. The van der Waals surface area contributed by atoms with E-state index in [0.717, 1.165) is 27.6 Å². The van der Waals surface area contributed by atoms with Gasteiger partial charge in [-0.25, -0.2) is 13.2 Å². The lowest BCUT2D eigenvalue weighted by atomic mass is 10.0. The van der Waals surface area contributed by atoms with E-state index in [-0.39, 0.29) is 24.1 Å². The molecule has 0 aromatic heterocycles. The SMILES string of the molecule is COc1ccc2cc(COC(=O)C(c3ccccc3)N3CCS(=O)(=O)CC3)ccc2c1. The van der Waals surface area contributed by atoms with Gasteiger partial charge in [0.1, 0.15) is 18.4 Å². The molecule has 1 unspecified atom stereocenters. The van der Waals surface area contributed by atoms with Crippen LogP contribution in [0.2, 0.25) is 0 Å². The highest BCUT2D eigenvalue weighted by molar-refractivity contribution is 7.91. The highest BCUT2D eigenvalue weighted by atomic mass is 32.2. The number of carbonyl (C=O) groups is 1. The summed E-state index contributed by atoms with van der Waals surface area (Å²) in [5.74, 6) is 0.524. The second-order valence-electron chi connectivity index (χ2n) is 7.66. The molecular weight excluding hydrogens is 414 g/mol. The zero-order chi connectivity index (χ0) is 21.8. The summed E-state index contributed by atoms with van der Waals surface area (Å²) < 4.78 is 34.6. The summed E-state index contributed by atoms with van der Waals surface area (Å²) in [5.41, 5.74) is 1.69. The van der Waals surface area contributed by atoms with Gasteiger partial charge in [0.05, 0.1) is 18.6 Å². The summed E-state index contributed by atoms with van der Waals surface area (Å²) in [6.45, 7) is 0.778. The number of esters is 1. The normalized spacial score (nSPS) is 17.2. The van der Waals surface area contributed by atoms with Gasteiger partial charge in [0, 0.05) is 13.1 Å². The molecule has 162 valence electrons. The average Bonchev–Trinajstić information content (AvgIpc) is 2.79. The molecule has 1 saturated heterocycles. The van der Waals surface area contributed by atoms with E-state index in [9.17, 15) is 13.2 Å². The zero-order valence-electron chi connectivity index (χ0n) is 17.4. The summed E-state index contributed by atoms with van der Waals surface area (Å²) in [6, 6.07) is 20.5. The highest BCUT2D eigenvalue weighted by Crippen LogP contribution is 2.26. The Balaban J connectivity index is 1.50. The van der Waals surface area contributed by atoms with Gasteiger partial charge in [-0.15, -0.1) is 0 Å². The molecular formula is C24H25NO5S. The van der Waals surface area contributed by atoms with Gasteiger partial charge in [-0.2, -0.15) is 0 Å². The Hall–Kier alpha value is -2.90. The predicted molar refractivity (Wildman–Crippen MR) is 120 cm³/mol. The van der Waals surface area contributed by atoms with Crippen molar-refractivity contribution in [1.29, 1.82) is 0 Å². The van der Waals surface area contributed by atoms with Crippen molar-refractivity contribution >= 4 is 26.6 Å². The lowest BCUT2D eigenvalue weighted by Crippen LogP contribution is -2.45. The van der Waals surface area contributed by atoms with E-state index in [0.29, 0.717) is 13.1 Å².